The molecule has 0 amide bonds. The molecule has 1 aromatic heterocycles. The molecule has 4 nitrogen and oxygen atoms in total. The molecule has 3 aromatic rings. The molecule has 0 atom stereocenters. The molecule has 0 aliphatic rings. The molecule has 0 saturated heterocycles. The van der Waals surface area contributed by atoms with E-state index in [0.717, 1.165) is 41.9 Å². The highest BCUT2D eigenvalue weighted by Crippen LogP contribution is 2.21. The van der Waals surface area contributed by atoms with E-state index in [1.807, 2.05) is 36.4 Å². The number of hydrogen-bond acceptors (Lipinski definition) is 3. The second-order valence-corrected chi connectivity index (χ2v) is 5.17. The van der Waals surface area contributed by atoms with Gasteiger partial charge >= 0.3 is 0 Å². The molecule has 0 bridgehead atoms. The summed E-state index contributed by atoms with van der Waals surface area (Å²) >= 11 is 0. The zero-order valence-electron chi connectivity index (χ0n) is 11.9. The first kappa shape index (κ1) is 13.6. The fraction of sp³-hybridized carbons (Fsp3) is 0.235. The van der Waals surface area contributed by atoms with Gasteiger partial charge in [0, 0.05) is 25.3 Å². The normalized spacial score (nSPS) is 11.1. The number of nitrogens with two attached hydrogens (primary N) is 1. The van der Waals surface area contributed by atoms with Crippen LogP contribution >= 0.6 is 0 Å². The van der Waals surface area contributed by atoms with Gasteiger partial charge in [-0.15, -0.1) is 0 Å². The Morgan fingerprint density at radius 2 is 1.90 bits per heavy atom. The van der Waals surface area contributed by atoms with Gasteiger partial charge in [-0.3, -0.25) is 0 Å². The number of nitrogen functional groups attached to an aromatic ring is 1. The van der Waals surface area contributed by atoms with E-state index in [2.05, 4.69) is 16.7 Å². The molecule has 0 radical (unpaired) electrons. The van der Waals surface area contributed by atoms with Crippen molar-refractivity contribution in [2.45, 2.75) is 19.4 Å². The molecular formula is C17H19N3O. The highest BCUT2D eigenvalue weighted by molar-refractivity contribution is 5.79. The number of aliphatic hydroxyl groups is 1. The number of anilines is 1. The number of benzene rings is 2. The van der Waals surface area contributed by atoms with Crippen LogP contribution < -0.4 is 5.73 Å². The van der Waals surface area contributed by atoms with Crippen LogP contribution in [0.4, 0.5) is 5.69 Å². The lowest BCUT2D eigenvalue weighted by atomic mass is 10.1. The summed E-state index contributed by atoms with van der Waals surface area (Å²) in [4.78, 5) is 4.72. The second kappa shape index (κ2) is 5.97. The van der Waals surface area contributed by atoms with Gasteiger partial charge in [-0.05, 0) is 30.2 Å². The van der Waals surface area contributed by atoms with Crippen molar-refractivity contribution >= 4 is 16.7 Å². The van der Waals surface area contributed by atoms with Crippen LogP contribution in [0, 0.1) is 0 Å². The van der Waals surface area contributed by atoms with Crippen LogP contribution in [0.15, 0.2) is 48.5 Å². The Hall–Kier alpha value is -2.33. The van der Waals surface area contributed by atoms with E-state index >= 15 is 0 Å². The number of aromatic nitrogens is 2. The molecule has 108 valence electrons. The fourth-order valence-electron chi connectivity index (χ4n) is 2.59. The minimum Gasteiger partial charge on any atom is -0.399 e. The quantitative estimate of drug-likeness (QED) is 0.707. The van der Waals surface area contributed by atoms with Crippen molar-refractivity contribution < 1.29 is 5.11 Å². The number of nitrogens with zero attached hydrogens (tertiary/aromatic N) is 2. The Balaban J connectivity index is 2.03. The maximum absolute atomic E-state index is 9.11. The molecule has 3 rings (SSSR count). The Morgan fingerprint density at radius 3 is 2.67 bits per heavy atom. The summed E-state index contributed by atoms with van der Waals surface area (Å²) in [6, 6.07) is 16.1. The van der Waals surface area contributed by atoms with Crippen molar-refractivity contribution in [2.24, 2.45) is 0 Å². The van der Waals surface area contributed by atoms with Gasteiger partial charge in [-0.1, -0.05) is 30.3 Å². The van der Waals surface area contributed by atoms with Gasteiger partial charge in [0.15, 0.2) is 0 Å². The smallest absolute Gasteiger partial charge is 0.114 e. The van der Waals surface area contributed by atoms with E-state index in [4.69, 9.17) is 15.8 Å². The maximum Gasteiger partial charge on any atom is 0.114 e. The van der Waals surface area contributed by atoms with Crippen LogP contribution in [0.1, 0.15) is 17.8 Å². The first-order valence-electron chi connectivity index (χ1n) is 7.17. The number of rotatable bonds is 5. The number of fused-ring (bicyclic) bond motifs is 1. The molecule has 0 fully saturated rings. The Labute approximate surface area is 123 Å². The Morgan fingerprint density at radius 1 is 1.10 bits per heavy atom. The van der Waals surface area contributed by atoms with Crippen LogP contribution in [-0.2, 0) is 13.0 Å². The molecular weight excluding hydrogens is 262 g/mol. The topological polar surface area (TPSA) is 64.1 Å². The minimum absolute atomic E-state index is 0.180. The molecule has 1 heterocycles. The fourth-order valence-corrected chi connectivity index (χ4v) is 2.59. The number of imidazole rings is 1. The Kier molecular flexibility index (Phi) is 3.88. The molecule has 0 spiro atoms. The third kappa shape index (κ3) is 2.90. The molecule has 0 unspecified atom stereocenters. The van der Waals surface area contributed by atoms with Crippen molar-refractivity contribution in [1.82, 2.24) is 9.55 Å². The van der Waals surface area contributed by atoms with Gasteiger partial charge in [0.05, 0.1) is 11.0 Å². The first-order valence-corrected chi connectivity index (χ1v) is 7.17. The average Bonchev–Trinajstić information content (AvgIpc) is 2.82. The van der Waals surface area contributed by atoms with E-state index in [1.54, 1.807) is 0 Å². The molecule has 2 aromatic carbocycles. The van der Waals surface area contributed by atoms with E-state index < -0.39 is 0 Å². The lowest BCUT2D eigenvalue weighted by molar-refractivity contribution is 0.280. The van der Waals surface area contributed by atoms with Gasteiger partial charge in [-0.2, -0.15) is 0 Å². The monoisotopic (exact) mass is 281 g/mol. The maximum atomic E-state index is 9.11. The zero-order chi connectivity index (χ0) is 14.7. The van der Waals surface area contributed by atoms with Crippen LogP contribution in [-0.4, -0.2) is 21.3 Å². The molecule has 21 heavy (non-hydrogen) atoms. The first-order chi connectivity index (χ1) is 10.3. The third-order valence-electron chi connectivity index (χ3n) is 3.60. The van der Waals surface area contributed by atoms with Crippen molar-refractivity contribution in [2.75, 3.05) is 12.3 Å². The summed E-state index contributed by atoms with van der Waals surface area (Å²) in [5.41, 5.74) is 9.79. The van der Waals surface area contributed by atoms with E-state index in [0.29, 0.717) is 0 Å². The van der Waals surface area contributed by atoms with Gasteiger partial charge in [0.2, 0.25) is 0 Å². The SMILES string of the molecule is Nc1ccc2c(c1)nc(Cc1ccccc1)n2CCCO. The van der Waals surface area contributed by atoms with Gasteiger partial charge in [0.1, 0.15) is 5.82 Å². The predicted octanol–water partition coefficient (Wildman–Crippen LogP) is 2.59. The highest BCUT2D eigenvalue weighted by atomic mass is 16.3. The summed E-state index contributed by atoms with van der Waals surface area (Å²) in [6.07, 6.45) is 1.50. The summed E-state index contributed by atoms with van der Waals surface area (Å²) in [7, 11) is 0. The lowest BCUT2D eigenvalue weighted by Crippen LogP contribution is -2.06. The van der Waals surface area contributed by atoms with Crippen molar-refractivity contribution in [3.05, 3.63) is 59.9 Å². The average molecular weight is 281 g/mol. The summed E-state index contributed by atoms with van der Waals surface area (Å²) in [5, 5.41) is 9.11. The molecule has 0 aliphatic carbocycles. The molecule has 0 saturated carbocycles. The third-order valence-corrected chi connectivity index (χ3v) is 3.60. The molecule has 0 aliphatic heterocycles. The van der Waals surface area contributed by atoms with Crippen LogP contribution in [0.3, 0.4) is 0 Å². The summed E-state index contributed by atoms with van der Waals surface area (Å²) < 4.78 is 2.18. The minimum atomic E-state index is 0.180. The standard InChI is InChI=1S/C17H19N3O/c18-14-7-8-16-15(12-14)19-17(20(16)9-4-10-21)11-13-5-2-1-3-6-13/h1-3,5-8,12,21H,4,9-11,18H2. The number of aryl methyl sites for hydroxylation is 1. The molecule has 3 N–H and O–H groups in total. The number of aliphatic hydroxyl groups excluding tert-OH is 1. The molecule has 4 heteroatoms. The largest absolute Gasteiger partial charge is 0.399 e. The second-order valence-electron chi connectivity index (χ2n) is 5.17. The van der Waals surface area contributed by atoms with Crippen molar-refractivity contribution in [3.8, 4) is 0 Å². The van der Waals surface area contributed by atoms with E-state index in [-0.39, 0.29) is 6.61 Å². The van der Waals surface area contributed by atoms with E-state index in [9.17, 15) is 0 Å². The van der Waals surface area contributed by atoms with Gasteiger partial charge in [-0.25, -0.2) is 4.98 Å². The van der Waals surface area contributed by atoms with Gasteiger partial charge in [0.25, 0.3) is 0 Å². The summed E-state index contributed by atoms with van der Waals surface area (Å²) in [6.45, 7) is 0.943. The Bertz CT molecular complexity index is 734. The van der Waals surface area contributed by atoms with Crippen LogP contribution in [0.5, 0.6) is 0 Å². The zero-order valence-corrected chi connectivity index (χ0v) is 11.9. The van der Waals surface area contributed by atoms with Crippen LogP contribution in [0.2, 0.25) is 0 Å². The van der Waals surface area contributed by atoms with E-state index in [1.165, 1.54) is 5.56 Å². The number of hydrogen-bond donors (Lipinski definition) is 2. The lowest BCUT2D eigenvalue weighted by Gasteiger charge is -2.08. The predicted molar refractivity (Wildman–Crippen MR) is 85.1 cm³/mol. The van der Waals surface area contributed by atoms with Crippen molar-refractivity contribution in [1.29, 1.82) is 0 Å². The van der Waals surface area contributed by atoms with Gasteiger partial charge < -0.3 is 15.4 Å². The van der Waals surface area contributed by atoms with Crippen molar-refractivity contribution in [3.63, 3.8) is 0 Å². The summed E-state index contributed by atoms with van der Waals surface area (Å²) in [5.74, 6) is 1.01. The highest BCUT2D eigenvalue weighted by Gasteiger charge is 2.11. The van der Waals surface area contributed by atoms with Crippen LogP contribution in [0.25, 0.3) is 11.0 Å².